The number of thioether (sulfide) groups is 1. The van der Waals surface area contributed by atoms with Crippen LogP contribution < -0.4 is 11.1 Å². The summed E-state index contributed by atoms with van der Waals surface area (Å²) >= 11 is 2.80. The molecule has 22 heavy (non-hydrogen) atoms. The molecule has 2 amide bonds. The molecule has 0 radical (unpaired) electrons. The molecule has 116 valence electrons. The van der Waals surface area contributed by atoms with Crippen LogP contribution in [0.25, 0.3) is 0 Å². The first-order valence-electron chi connectivity index (χ1n) is 6.80. The average molecular weight is 334 g/mol. The second-order valence-electron chi connectivity index (χ2n) is 5.05. The van der Waals surface area contributed by atoms with Gasteiger partial charge >= 0.3 is 0 Å². The second-order valence-corrected chi connectivity index (χ2v) is 7.34. The Labute approximate surface area is 138 Å². The molecule has 0 fully saturated rings. The van der Waals surface area contributed by atoms with E-state index in [9.17, 15) is 9.59 Å². The van der Waals surface area contributed by atoms with Crippen LogP contribution in [-0.2, 0) is 4.79 Å². The van der Waals surface area contributed by atoms with Gasteiger partial charge in [0, 0.05) is 4.90 Å². The molecule has 0 bridgehead atoms. The third-order valence-electron chi connectivity index (χ3n) is 3.18. The van der Waals surface area contributed by atoms with Crippen LogP contribution in [0.1, 0.15) is 28.4 Å². The lowest BCUT2D eigenvalue weighted by molar-refractivity contribution is -0.115. The number of rotatable bonds is 5. The summed E-state index contributed by atoms with van der Waals surface area (Å²) in [6, 6.07) is 7.79. The molecule has 1 heterocycles. The highest BCUT2D eigenvalue weighted by Gasteiger charge is 2.19. The summed E-state index contributed by atoms with van der Waals surface area (Å²) < 4.78 is 0. The molecule has 3 N–H and O–H groups in total. The van der Waals surface area contributed by atoms with E-state index in [1.165, 1.54) is 23.1 Å². The van der Waals surface area contributed by atoms with E-state index in [4.69, 9.17) is 5.73 Å². The van der Waals surface area contributed by atoms with Gasteiger partial charge in [-0.3, -0.25) is 9.59 Å². The SMILES string of the molecule is Cc1ccc(C)c(S[C@H](C)C(=O)Nc2sccc2C(N)=O)c1. The van der Waals surface area contributed by atoms with E-state index < -0.39 is 5.91 Å². The van der Waals surface area contributed by atoms with E-state index in [-0.39, 0.29) is 11.2 Å². The van der Waals surface area contributed by atoms with Gasteiger partial charge in [-0.05, 0) is 43.8 Å². The number of nitrogens with one attached hydrogen (secondary N) is 1. The van der Waals surface area contributed by atoms with Crippen molar-refractivity contribution in [2.45, 2.75) is 30.9 Å². The Bertz CT molecular complexity index is 710. The van der Waals surface area contributed by atoms with Gasteiger partial charge in [0.1, 0.15) is 5.00 Å². The maximum absolute atomic E-state index is 12.3. The van der Waals surface area contributed by atoms with Crippen molar-refractivity contribution in [3.05, 3.63) is 46.3 Å². The van der Waals surface area contributed by atoms with Crippen LogP contribution in [0.4, 0.5) is 5.00 Å². The lowest BCUT2D eigenvalue weighted by Gasteiger charge is -2.13. The highest BCUT2D eigenvalue weighted by molar-refractivity contribution is 8.00. The minimum atomic E-state index is -0.536. The predicted molar refractivity (Wildman–Crippen MR) is 92.7 cm³/mol. The zero-order valence-electron chi connectivity index (χ0n) is 12.7. The fourth-order valence-corrected chi connectivity index (χ4v) is 3.74. The highest BCUT2D eigenvalue weighted by atomic mass is 32.2. The molecule has 0 aliphatic heterocycles. The fourth-order valence-electron chi connectivity index (χ4n) is 1.89. The van der Waals surface area contributed by atoms with Gasteiger partial charge in [0.05, 0.1) is 10.8 Å². The third-order valence-corrected chi connectivity index (χ3v) is 5.28. The number of thiophene rings is 1. The monoisotopic (exact) mass is 334 g/mol. The zero-order chi connectivity index (χ0) is 16.3. The standard InChI is InChI=1S/C16H18N2O2S2/c1-9-4-5-10(2)13(8-9)22-11(3)15(20)18-16-12(14(17)19)6-7-21-16/h4-8,11H,1-3H3,(H2,17,19)(H,18,20)/t11-/m1/s1. The summed E-state index contributed by atoms with van der Waals surface area (Å²) in [5, 5.41) is 4.75. The molecular formula is C16H18N2O2S2. The first-order valence-corrected chi connectivity index (χ1v) is 8.56. The molecule has 4 nitrogen and oxygen atoms in total. The number of primary amides is 1. The molecule has 0 unspecified atom stereocenters. The summed E-state index contributed by atoms with van der Waals surface area (Å²) in [5.74, 6) is -0.678. The molecule has 0 aliphatic rings. The fraction of sp³-hybridized carbons (Fsp3) is 0.250. The van der Waals surface area contributed by atoms with Gasteiger partial charge in [-0.25, -0.2) is 0 Å². The second kappa shape index (κ2) is 6.98. The summed E-state index contributed by atoms with van der Waals surface area (Å²) in [7, 11) is 0. The van der Waals surface area contributed by atoms with Crippen LogP contribution in [0.2, 0.25) is 0 Å². The van der Waals surface area contributed by atoms with E-state index >= 15 is 0 Å². The molecule has 2 aromatic rings. The minimum absolute atomic E-state index is 0.143. The molecule has 1 aromatic heterocycles. The van der Waals surface area contributed by atoms with Gasteiger partial charge in [-0.15, -0.1) is 23.1 Å². The Hall–Kier alpha value is -1.79. The largest absolute Gasteiger partial charge is 0.366 e. The number of nitrogens with two attached hydrogens (primary N) is 1. The van der Waals surface area contributed by atoms with Crippen LogP contribution in [0.15, 0.2) is 34.5 Å². The van der Waals surface area contributed by atoms with E-state index in [0.717, 1.165) is 16.0 Å². The number of carbonyl (C=O) groups excluding carboxylic acids is 2. The van der Waals surface area contributed by atoms with Gasteiger partial charge in [0.15, 0.2) is 0 Å². The first kappa shape index (κ1) is 16.6. The number of amides is 2. The number of aryl methyl sites for hydroxylation is 2. The summed E-state index contributed by atoms with van der Waals surface area (Å²) in [6.07, 6.45) is 0. The van der Waals surface area contributed by atoms with E-state index in [2.05, 4.69) is 17.4 Å². The van der Waals surface area contributed by atoms with Crippen molar-refractivity contribution in [1.29, 1.82) is 0 Å². The highest BCUT2D eigenvalue weighted by Crippen LogP contribution is 2.29. The molecule has 0 saturated heterocycles. The maximum Gasteiger partial charge on any atom is 0.251 e. The maximum atomic E-state index is 12.3. The topological polar surface area (TPSA) is 72.2 Å². The predicted octanol–water partition coefficient (Wildman–Crippen LogP) is 3.58. The van der Waals surface area contributed by atoms with Crippen molar-refractivity contribution >= 4 is 39.9 Å². The number of hydrogen-bond donors (Lipinski definition) is 2. The Morgan fingerprint density at radius 1 is 1.27 bits per heavy atom. The van der Waals surface area contributed by atoms with Crippen LogP contribution in [0.5, 0.6) is 0 Å². The van der Waals surface area contributed by atoms with Crippen molar-refractivity contribution in [3.8, 4) is 0 Å². The summed E-state index contributed by atoms with van der Waals surface area (Å²) in [4.78, 5) is 24.7. The van der Waals surface area contributed by atoms with Crippen LogP contribution >= 0.6 is 23.1 Å². The van der Waals surface area contributed by atoms with Gasteiger partial charge in [-0.2, -0.15) is 0 Å². The van der Waals surface area contributed by atoms with Crippen molar-refractivity contribution in [2.75, 3.05) is 5.32 Å². The van der Waals surface area contributed by atoms with Gasteiger partial charge < -0.3 is 11.1 Å². The molecule has 0 saturated carbocycles. The van der Waals surface area contributed by atoms with Crippen LogP contribution in [0.3, 0.4) is 0 Å². The molecule has 0 aliphatic carbocycles. The van der Waals surface area contributed by atoms with Gasteiger partial charge in [0.25, 0.3) is 5.91 Å². The zero-order valence-corrected chi connectivity index (χ0v) is 14.3. The summed E-state index contributed by atoms with van der Waals surface area (Å²) in [5.41, 5.74) is 7.94. The van der Waals surface area contributed by atoms with Crippen molar-refractivity contribution < 1.29 is 9.59 Å². The molecule has 6 heteroatoms. The van der Waals surface area contributed by atoms with E-state index in [1.807, 2.05) is 26.8 Å². The Kier molecular flexibility index (Phi) is 5.26. The van der Waals surface area contributed by atoms with Crippen molar-refractivity contribution in [1.82, 2.24) is 0 Å². The minimum Gasteiger partial charge on any atom is -0.366 e. The van der Waals surface area contributed by atoms with Gasteiger partial charge in [0.2, 0.25) is 5.91 Å². The van der Waals surface area contributed by atoms with E-state index in [1.54, 1.807) is 11.4 Å². The number of anilines is 1. The Morgan fingerprint density at radius 3 is 2.68 bits per heavy atom. The van der Waals surface area contributed by atoms with E-state index in [0.29, 0.717) is 10.6 Å². The smallest absolute Gasteiger partial charge is 0.251 e. The van der Waals surface area contributed by atoms with Crippen molar-refractivity contribution in [3.63, 3.8) is 0 Å². The molecular weight excluding hydrogens is 316 g/mol. The number of benzene rings is 1. The molecule has 1 atom stereocenters. The number of hydrogen-bond acceptors (Lipinski definition) is 4. The third kappa shape index (κ3) is 3.90. The lowest BCUT2D eigenvalue weighted by Crippen LogP contribution is -2.23. The summed E-state index contributed by atoms with van der Waals surface area (Å²) in [6.45, 7) is 5.90. The Balaban J connectivity index is 2.08. The lowest BCUT2D eigenvalue weighted by atomic mass is 10.2. The quantitative estimate of drug-likeness (QED) is 0.821. The normalized spacial score (nSPS) is 12.0. The van der Waals surface area contributed by atoms with Crippen LogP contribution in [-0.4, -0.2) is 17.1 Å². The van der Waals surface area contributed by atoms with Gasteiger partial charge in [-0.1, -0.05) is 17.7 Å². The van der Waals surface area contributed by atoms with Crippen LogP contribution in [0, 0.1) is 13.8 Å². The van der Waals surface area contributed by atoms with Crippen molar-refractivity contribution in [2.24, 2.45) is 5.73 Å². The Morgan fingerprint density at radius 2 is 2.00 bits per heavy atom. The number of carbonyl (C=O) groups is 2. The average Bonchev–Trinajstić information content (AvgIpc) is 2.91. The molecule has 1 aromatic carbocycles. The first-order chi connectivity index (χ1) is 10.4. The molecule has 2 rings (SSSR count). The molecule has 0 spiro atoms.